The van der Waals surface area contributed by atoms with Crippen molar-refractivity contribution in [3.05, 3.63) is 0 Å². The van der Waals surface area contributed by atoms with Gasteiger partial charge in [-0.25, -0.2) is 0 Å². The van der Waals surface area contributed by atoms with Crippen LogP contribution in [-0.4, -0.2) is 48.2 Å². The van der Waals surface area contributed by atoms with Crippen LogP contribution in [-0.2, 0) is 18.3 Å². The van der Waals surface area contributed by atoms with E-state index in [0.29, 0.717) is 6.10 Å². The molecule has 0 N–H and O–H groups in total. The highest BCUT2D eigenvalue weighted by Crippen LogP contribution is 2.18. The van der Waals surface area contributed by atoms with E-state index >= 15 is 0 Å². The van der Waals surface area contributed by atoms with Crippen LogP contribution in [0.15, 0.2) is 0 Å². The number of rotatable bonds is 16. The van der Waals surface area contributed by atoms with E-state index in [-0.39, 0.29) is 0 Å². The molecule has 1 aliphatic rings. The fourth-order valence-electron chi connectivity index (χ4n) is 2.43. The normalized spacial score (nSPS) is 20.0. The summed E-state index contributed by atoms with van der Waals surface area (Å²) in [6.07, 6.45) is 10.4. The van der Waals surface area contributed by atoms with Gasteiger partial charge < -0.3 is 18.3 Å². The minimum Gasteiger partial charge on any atom is -0.398 e. The number of unbranched alkanes of at least 4 members (excludes halogenated alkanes) is 6. The van der Waals surface area contributed by atoms with Gasteiger partial charge in [0, 0.05) is 20.3 Å². The highest BCUT2D eigenvalue weighted by Gasteiger charge is 2.29. The Morgan fingerprint density at radius 1 is 1.00 bits per heavy atom. The number of hydrogen-bond donors (Lipinski definition) is 0. The Morgan fingerprint density at radius 2 is 1.68 bits per heavy atom. The molecule has 5 heteroatoms. The van der Waals surface area contributed by atoms with Gasteiger partial charge in [0.25, 0.3) is 0 Å². The standard InChI is InChI=1S/C17H36O4Si/c1-4-5-6-7-8-11-14-22(3,18-2)21-13-10-9-12-19-15-17-16-20-17/h17H,4-16H2,1-3H3. The van der Waals surface area contributed by atoms with Crippen LogP contribution in [0.2, 0.25) is 12.6 Å². The Morgan fingerprint density at radius 3 is 2.36 bits per heavy atom. The van der Waals surface area contributed by atoms with Crippen molar-refractivity contribution < 1.29 is 18.3 Å². The molecule has 1 heterocycles. The minimum atomic E-state index is -1.93. The van der Waals surface area contributed by atoms with E-state index in [2.05, 4.69) is 13.5 Å². The Labute approximate surface area is 138 Å². The molecule has 0 aromatic rings. The first-order valence-electron chi connectivity index (χ1n) is 9.08. The van der Waals surface area contributed by atoms with Crippen LogP contribution >= 0.6 is 0 Å². The van der Waals surface area contributed by atoms with Crippen LogP contribution in [0.1, 0.15) is 58.3 Å². The maximum atomic E-state index is 6.08. The molecule has 1 aliphatic heterocycles. The number of hydrogen-bond acceptors (Lipinski definition) is 4. The summed E-state index contributed by atoms with van der Waals surface area (Å²) >= 11 is 0. The molecule has 2 unspecified atom stereocenters. The number of ether oxygens (including phenoxy) is 2. The van der Waals surface area contributed by atoms with Gasteiger partial charge in [-0.05, 0) is 25.4 Å². The van der Waals surface area contributed by atoms with Gasteiger partial charge >= 0.3 is 8.56 Å². The predicted octanol–water partition coefficient (Wildman–Crippen LogP) is 4.28. The van der Waals surface area contributed by atoms with Crippen LogP contribution in [0.5, 0.6) is 0 Å². The molecule has 2 atom stereocenters. The van der Waals surface area contributed by atoms with E-state index in [0.717, 1.165) is 45.3 Å². The average molecular weight is 333 g/mol. The zero-order valence-electron chi connectivity index (χ0n) is 14.9. The third kappa shape index (κ3) is 10.7. The molecule has 0 saturated carbocycles. The molecule has 4 nitrogen and oxygen atoms in total. The number of epoxide rings is 1. The minimum absolute atomic E-state index is 0.373. The van der Waals surface area contributed by atoms with Crippen molar-refractivity contribution in [3.63, 3.8) is 0 Å². The van der Waals surface area contributed by atoms with Gasteiger partial charge in [0.15, 0.2) is 0 Å². The van der Waals surface area contributed by atoms with E-state index in [4.69, 9.17) is 18.3 Å². The monoisotopic (exact) mass is 332 g/mol. The summed E-state index contributed by atoms with van der Waals surface area (Å²) < 4.78 is 22.4. The van der Waals surface area contributed by atoms with Gasteiger partial charge in [0.2, 0.25) is 0 Å². The lowest BCUT2D eigenvalue weighted by Crippen LogP contribution is -2.37. The lowest BCUT2D eigenvalue weighted by molar-refractivity contribution is 0.108. The molecular weight excluding hydrogens is 296 g/mol. The lowest BCUT2D eigenvalue weighted by atomic mass is 10.1. The van der Waals surface area contributed by atoms with Crippen LogP contribution in [0.4, 0.5) is 0 Å². The highest BCUT2D eigenvalue weighted by molar-refractivity contribution is 6.65. The van der Waals surface area contributed by atoms with Crippen molar-refractivity contribution in [2.45, 2.75) is 77.0 Å². The zero-order valence-corrected chi connectivity index (χ0v) is 15.9. The Kier molecular flexibility index (Phi) is 11.4. The molecule has 1 rings (SSSR count). The van der Waals surface area contributed by atoms with Gasteiger partial charge in [0.05, 0.1) is 13.2 Å². The van der Waals surface area contributed by atoms with Gasteiger partial charge in [-0.1, -0.05) is 45.4 Å². The SMILES string of the molecule is CCCCCCCC[Si](C)(OC)OCCCCOCC1CO1. The van der Waals surface area contributed by atoms with Crippen LogP contribution in [0, 0.1) is 0 Å². The Hall–Kier alpha value is 0.0569. The Balaban J connectivity index is 1.93. The van der Waals surface area contributed by atoms with Crippen molar-refractivity contribution in [2.75, 3.05) is 33.5 Å². The van der Waals surface area contributed by atoms with Crippen LogP contribution in [0.25, 0.3) is 0 Å². The van der Waals surface area contributed by atoms with Crippen molar-refractivity contribution in [1.82, 2.24) is 0 Å². The topological polar surface area (TPSA) is 40.2 Å². The molecule has 0 radical (unpaired) electrons. The van der Waals surface area contributed by atoms with Gasteiger partial charge in [0.1, 0.15) is 6.10 Å². The second kappa shape index (κ2) is 12.5. The van der Waals surface area contributed by atoms with Crippen LogP contribution in [0.3, 0.4) is 0 Å². The summed E-state index contributed by atoms with van der Waals surface area (Å²) in [5, 5.41) is 0. The summed E-state index contributed by atoms with van der Waals surface area (Å²) in [7, 11) is -0.121. The summed E-state index contributed by atoms with van der Waals surface area (Å²) in [6, 6.07) is 1.12. The molecule has 132 valence electrons. The van der Waals surface area contributed by atoms with E-state index < -0.39 is 8.56 Å². The molecule has 0 spiro atoms. The Bertz CT molecular complexity index is 261. The van der Waals surface area contributed by atoms with E-state index in [1.807, 2.05) is 7.11 Å². The van der Waals surface area contributed by atoms with Crippen molar-refractivity contribution in [3.8, 4) is 0 Å². The molecule has 0 bridgehead atoms. The largest absolute Gasteiger partial charge is 0.398 e. The summed E-state index contributed by atoms with van der Waals surface area (Å²) in [5.74, 6) is 0. The molecule has 0 aromatic heterocycles. The second-order valence-electron chi connectivity index (χ2n) is 6.44. The first-order valence-corrected chi connectivity index (χ1v) is 11.6. The fourth-order valence-corrected chi connectivity index (χ4v) is 4.37. The average Bonchev–Trinajstić information content (AvgIpc) is 3.34. The third-order valence-corrected chi connectivity index (χ3v) is 7.15. The van der Waals surface area contributed by atoms with Crippen molar-refractivity contribution >= 4 is 8.56 Å². The van der Waals surface area contributed by atoms with Crippen LogP contribution < -0.4 is 0 Å². The molecule has 1 saturated heterocycles. The fraction of sp³-hybridized carbons (Fsp3) is 1.00. The zero-order chi connectivity index (χ0) is 16.1. The molecule has 1 fully saturated rings. The molecule has 0 aliphatic carbocycles. The molecule has 0 amide bonds. The maximum Gasteiger partial charge on any atom is 0.334 e. The second-order valence-corrected chi connectivity index (χ2v) is 9.91. The first kappa shape index (κ1) is 20.1. The first-order chi connectivity index (χ1) is 10.7. The third-order valence-electron chi connectivity index (χ3n) is 4.21. The quantitative estimate of drug-likeness (QED) is 0.240. The lowest BCUT2D eigenvalue weighted by Gasteiger charge is -2.25. The van der Waals surface area contributed by atoms with Crippen molar-refractivity contribution in [1.29, 1.82) is 0 Å². The predicted molar refractivity (Wildman–Crippen MR) is 92.6 cm³/mol. The maximum absolute atomic E-state index is 6.08. The smallest absolute Gasteiger partial charge is 0.334 e. The summed E-state index contributed by atoms with van der Waals surface area (Å²) in [4.78, 5) is 0. The molecular formula is C17H36O4Si. The highest BCUT2D eigenvalue weighted by atomic mass is 28.4. The summed E-state index contributed by atoms with van der Waals surface area (Å²) in [5.41, 5.74) is 0. The van der Waals surface area contributed by atoms with E-state index in [9.17, 15) is 0 Å². The molecule has 0 aromatic carbocycles. The van der Waals surface area contributed by atoms with Gasteiger partial charge in [-0.15, -0.1) is 0 Å². The van der Waals surface area contributed by atoms with E-state index in [1.165, 1.54) is 38.5 Å². The molecule has 22 heavy (non-hydrogen) atoms. The van der Waals surface area contributed by atoms with Gasteiger partial charge in [-0.3, -0.25) is 0 Å². The summed E-state index contributed by atoms with van der Waals surface area (Å²) in [6.45, 7) is 7.69. The van der Waals surface area contributed by atoms with Crippen molar-refractivity contribution in [2.24, 2.45) is 0 Å². The van der Waals surface area contributed by atoms with E-state index in [1.54, 1.807) is 0 Å². The van der Waals surface area contributed by atoms with Gasteiger partial charge in [-0.2, -0.15) is 0 Å².